The fraction of sp³-hybridized carbons (Fsp3) is 0.400. The van der Waals surface area contributed by atoms with Crippen LogP contribution in [0.25, 0.3) is 11.3 Å². The van der Waals surface area contributed by atoms with E-state index in [1.165, 1.54) is 7.11 Å². The molecule has 0 unspecified atom stereocenters. The average molecular weight is 548 g/mol. The Morgan fingerprint density at radius 3 is 2.40 bits per heavy atom. The van der Waals surface area contributed by atoms with E-state index < -0.39 is 0 Å². The molecule has 1 aliphatic heterocycles. The van der Waals surface area contributed by atoms with E-state index in [9.17, 15) is 9.59 Å². The summed E-state index contributed by atoms with van der Waals surface area (Å²) in [5, 5.41) is 8.92. The molecule has 0 aliphatic carbocycles. The van der Waals surface area contributed by atoms with Crippen molar-refractivity contribution in [1.29, 1.82) is 0 Å². The quantitative estimate of drug-likeness (QED) is 0.381. The third-order valence-electron chi connectivity index (χ3n) is 7.15. The second-order valence-electron chi connectivity index (χ2n) is 9.61. The topological polar surface area (TPSA) is 97.3 Å². The van der Waals surface area contributed by atoms with Crippen molar-refractivity contribution in [1.82, 2.24) is 20.0 Å². The Labute approximate surface area is 235 Å². The first-order valence-electron chi connectivity index (χ1n) is 13.4. The second-order valence-corrected chi connectivity index (χ2v) is 9.61. The highest BCUT2D eigenvalue weighted by Crippen LogP contribution is 2.32. The lowest BCUT2D eigenvalue weighted by Crippen LogP contribution is -2.46. The molecular weight excluding hydrogens is 510 g/mol. The van der Waals surface area contributed by atoms with Gasteiger partial charge in [-0.3, -0.25) is 9.59 Å². The molecule has 0 spiro atoms. The van der Waals surface area contributed by atoms with Gasteiger partial charge in [0.05, 0.1) is 26.0 Å². The zero-order valence-corrected chi connectivity index (χ0v) is 23.6. The molecule has 1 fully saturated rings. The molecule has 0 N–H and O–H groups in total. The molecule has 2 aromatic carbocycles. The van der Waals surface area contributed by atoms with Crippen molar-refractivity contribution < 1.29 is 23.8 Å². The highest BCUT2D eigenvalue weighted by Gasteiger charge is 2.27. The number of benzene rings is 2. The SMILES string of the molecule is COCC(=O)N(CC(=O)N1CCCN(c2ccc(-c3ccc(OC)cc3OC)nn2)CC1)[C@H](C)c1ccccc1. The minimum Gasteiger partial charge on any atom is -0.497 e. The van der Waals surface area contributed by atoms with Gasteiger partial charge in [-0.05, 0) is 43.2 Å². The van der Waals surface area contributed by atoms with Gasteiger partial charge in [0, 0.05) is 44.9 Å². The largest absolute Gasteiger partial charge is 0.497 e. The van der Waals surface area contributed by atoms with Crippen LogP contribution < -0.4 is 14.4 Å². The van der Waals surface area contributed by atoms with Crippen LogP contribution in [0.15, 0.2) is 60.7 Å². The molecule has 10 heteroatoms. The summed E-state index contributed by atoms with van der Waals surface area (Å²) in [7, 11) is 4.71. The molecule has 2 heterocycles. The van der Waals surface area contributed by atoms with Crippen molar-refractivity contribution in [2.45, 2.75) is 19.4 Å². The third kappa shape index (κ3) is 6.87. The van der Waals surface area contributed by atoms with Crippen LogP contribution in [0.4, 0.5) is 5.82 Å². The fourth-order valence-electron chi connectivity index (χ4n) is 4.85. The predicted molar refractivity (Wildman–Crippen MR) is 152 cm³/mol. The van der Waals surface area contributed by atoms with Crippen LogP contribution in [0.2, 0.25) is 0 Å². The number of carbonyl (C=O) groups excluding carboxylic acids is 2. The number of carbonyl (C=O) groups is 2. The van der Waals surface area contributed by atoms with E-state index >= 15 is 0 Å². The van der Waals surface area contributed by atoms with E-state index in [1.807, 2.05) is 72.5 Å². The summed E-state index contributed by atoms with van der Waals surface area (Å²) in [6.07, 6.45) is 0.779. The number of amides is 2. The maximum atomic E-state index is 13.4. The summed E-state index contributed by atoms with van der Waals surface area (Å²) in [5.74, 6) is 1.81. The van der Waals surface area contributed by atoms with Gasteiger partial charge in [-0.1, -0.05) is 30.3 Å². The molecule has 2 amide bonds. The van der Waals surface area contributed by atoms with Crippen LogP contribution in [0.5, 0.6) is 11.5 Å². The fourth-order valence-corrected chi connectivity index (χ4v) is 4.85. The first-order chi connectivity index (χ1) is 19.4. The summed E-state index contributed by atoms with van der Waals surface area (Å²) < 4.78 is 15.9. The Bertz CT molecular complexity index is 1270. The van der Waals surface area contributed by atoms with Gasteiger partial charge in [0.2, 0.25) is 11.8 Å². The van der Waals surface area contributed by atoms with E-state index in [-0.39, 0.29) is 31.0 Å². The minimum atomic E-state index is -0.255. The molecule has 0 radical (unpaired) electrons. The zero-order chi connectivity index (χ0) is 28.5. The molecule has 1 aliphatic rings. The molecule has 1 aromatic heterocycles. The summed E-state index contributed by atoms with van der Waals surface area (Å²) in [6, 6.07) is 18.9. The molecule has 4 rings (SSSR count). The highest BCUT2D eigenvalue weighted by molar-refractivity contribution is 5.86. The molecule has 1 saturated heterocycles. The zero-order valence-electron chi connectivity index (χ0n) is 23.6. The van der Waals surface area contributed by atoms with Gasteiger partial charge < -0.3 is 28.9 Å². The highest BCUT2D eigenvalue weighted by atomic mass is 16.5. The Morgan fingerprint density at radius 1 is 0.925 bits per heavy atom. The van der Waals surface area contributed by atoms with E-state index in [4.69, 9.17) is 14.2 Å². The van der Waals surface area contributed by atoms with Crippen LogP contribution in [0.3, 0.4) is 0 Å². The number of nitrogens with zero attached hydrogens (tertiary/aromatic N) is 5. The number of methoxy groups -OCH3 is 3. The van der Waals surface area contributed by atoms with Crippen molar-refractivity contribution in [3.05, 3.63) is 66.2 Å². The molecule has 1 atom stereocenters. The molecule has 10 nitrogen and oxygen atoms in total. The van der Waals surface area contributed by atoms with Crippen LogP contribution in [-0.4, -0.2) is 92.5 Å². The predicted octanol–water partition coefficient (Wildman–Crippen LogP) is 3.44. The number of ether oxygens (including phenoxy) is 3. The second kappa shape index (κ2) is 13.7. The summed E-state index contributed by atoms with van der Waals surface area (Å²) in [5.41, 5.74) is 2.49. The molecule has 212 valence electrons. The number of aromatic nitrogens is 2. The number of rotatable bonds is 10. The molecule has 40 heavy (non-hydrogen) atoms. The number of hydrogen-bond acceptors (Lipinski definition) is 8. The van der Waals surface area contributed by atoms with Gasteiger partial charge in [-0.15, -0.1) is 10.2 Å². The van der Waals surface area contributed by atoms with Gasteiger partial charge in [-0.25, -0.2) is 0 Å². The normalized spacial score (nSPS) is 14.3. The molecule has 3 aromatic rings. The van der Waals surface area contributed by atoms with Crippen molar-refractivity contribution in [2.24, 2.45) is 0 Å². The van der Waals surface area contributed by atoms with Crippen LogP contribution in [0.1, 0.15) is 24.9 Å². The Kier molecular flexibility index (Phi) is 9.91. The van der Waals surface area contributed by atoms with Gasteiger partial charge in [0.25, 0.3) is 0 Å². The third-order valence-corrected chi connectivity index (χ3v) is 7.15. The van der Waals surface area contributed by atoms with E-state index in [0.717, 1.165) is 29.9 Å². The van der Waals surface area contributed by atoms with Gasteiger partial charge in [0.15, 0.2) is 5.82 Å². The Balaban J connectivity index is 1.41. The molecule has 0 bridgehead atoms. The van der Waals surface area contributed by atoms with E-state index in [1.54, 1.807) is 19.1 Å². The van der Waals surface area contributed by atoms with Gasteiger partial charge in [0.1, 0.15) is 24.7 Å². The Morgan fingerprint density at radius 2 is 1.73 bits per heavy atom. The van der Waals surface area contributed by atoms with Crippen LogP contribution in [0, 0.1) is 0 Å². The lowest BCUT2D eigenvalue weighted by Gasteiger charge is -2.31. The first-order valence-corrected chi connectivity index (χ1v) is 13.4. The van der Waals surface area contributed by atoms with Crippen molar-refractivity contribution in [3.63, 3.8) is 0 Å². The van der Waals surface area contributed by atoms with Crippen LogP contribution in [-0.2, 0) is 14.3 Å². The van der Waals surface area contributed by atoms with E-state index in [0.29, 0.717) is 36.8 Å². The van der Waals surface area contributed by atoms with Gasteiger partial charge >= 0.3 is 0 Å². The lowest BCUT2D eigenvalue weighted by atomic mass is 10.1. The Hall–Kier alpha value is -4.18. The lowest BCUT2D eigenvalue weighted by molar-refractivity contribution is -0.144. The summed E-state index contributed by atoms with van der Waals surface area (Å²) in [6.45, 7) is 4.36. The maximum absolute atomic E-state index is 13.4. The van der Waals surface area contributed by atoms with Crippen molar-refractivity contribution >= 4 is 17.6 Å². The summed E-state index contributed by atoms with van der Waals surface area (Å²) in [4.78, 5) is 31.8. The van der Waals surface area contributed by atoms with Crippen molar-refractivity contribution in [3.8, 4) is 22.8 Å². The first kappa shape index (κ1) is 28.8. The van der Waals surface area contributed by atoms with Crippen LogP contribution >= 0.6 is 0 Å². The average Bonchev–Trinajstić information content (AvgIpc) is 3.26. The number of hydrogen-bond donors (Lipinski definition) is 0. The van der Waals surface area contributed by atoms with Crippen molar-refractivity contribution in [2.75, 3.05) is 65.6 Å². The molecular formula is C30H37N5O5. The summed E-state index contributed by atoms with van der Waals surface area (Å²) >= 11 is 0. The van der Waals surface area contributed by atoms with Gasteiger partial charge in [-0.2, -0.15) is 0 Å². The minimum absolute atomic E-state index is 0.00352. The monoisotopic (exact) mass is 547 g/mol. The standard InChI is InChI=1S/C30H37N5O5/c1-22(23-9-6-5-7-10-23)35(30(37)21-38-2)20-29(36)34-16-8-15-33(17-18-34)28-14-13-26(31-32-28)25-12-11-24(39-3)19-27(25)40-4/h5-7,9-14,19,22H,8,15-18,20-21H2,1-4H3/t22-/m1/s1. The van der Waals surface area contributed by atoms with E-state index in [2.05, 4.69) is 15.1 Å². The molecule has 0 saturated carbocycles. The smallest absolute Gasteiger partial charge is 0.249 e. The number of anilines is 1. The maximum Gasteiger partial charge on any atom is 0.249 e.